The van der Waals surface area contributed by atoms with Gasteiger partial charge in [-0.1, -0.05) is 57.9 Å². The maximum absolute atomic E-state index is 12.6. The lowest BCUT2D eigenvalue weighted by Crippen LogP contribution is -2.44. The molecule has 114 valence electrons. The highest BCUT2D eigenvalue weighted by atomic mass is 79.9. The Morgan fingerprint density at radius 2 is 1.95 bits per heavy atom. The van der Waals surface area contributed by atoms with Crippen LogP contribution < -0.4 is 4.72 Å². The van der Waals surface area contributed by atoms with Crippen LogP contribution in [0.3, 0.4) is 0 Å². The summed E-state index contributed by atoms with van der Waals surface area (Å²) in [4.78, 5) is 0. The predicted molar refractivity (Wildman–Crippen MR) is 92.0 cm³/mol. The van der Waals surface area contributed by atoms with Gasteiger partial charge in [-0.25, -0.2) is 8.42 Å². The summed E-state index contributed by atoms with van der Waals surface area (Å²) < 4.78 is 28.6. The molecule has 21 heavy (non-hydrogen) atoms. The number of aryl methyl sites for hydroxylation is 1. The molecule has 1 aromatic heterocycles. The number of nitrogens with one attached hydrogen (secondary N) is 1. The molecule has 0 fully saturated rings. The van der Waals surface area contributed by atoms with Crippen molar-refractivity contribution in [2.75, 3.05) is 5.33 Å². The van der Waals surface area contributed by atoms with Gasteiger partial charge in [0.1, 0.15) is 4.21 Å². The summed E-state index contributed by atoms with van der Waals surface area (Å²) in [6, 6.07) is 11.1. The second-order valence-corrected chi connectivity index (χ2v) is 9.08. The van der Waals surface area contributed by atoms with Crippen LogP contribution in [0, 0.1) is 6.92 Å². The van der Waals surface area contributed by atoms with E-state index in [9.17, 15) is 8.42 Å². The first-order chi connectivity index (χ1) is 9.78. The molecule has 0 saturated heterocycles. The molecule has 3 nitrogen and oxygen atoms in total. The van der Waals surface area contributed by atoms with Crippen LogP contribution in [0.1, 0.15) is 18.1 Å². The van der Waals surface area contributed by atoms with E-state index in [0.29, 0.717) is 9.67 Å². The summed E-state index contributed by atoms with van der Waals surface area (Å²) in [5.74, 6) is 0. The summed E-state index contributed by atoms with van der Waals surface area (Å²) in [5, 5.41) is 0.460. The molecule has 1 aromatic carbocycles. The van der Waals surface area contributed by atoms with Gasteiger partial charge in [0.2, 0.25) is 0 Å². The molecule has 0 saturated carbocycles. The fourth-order valence-corrected chi connectivity index (χ4v) is 5.63. The highest BCUT2D eigenvalue weighted by Crippen LogP contribution is 2.32. The number of benzene rings is 1. The lowest BCUT2D eigenvalue weighted by Gasteiger charge is -2.28. The van der Waals surface area contributed by atoms with Crippen LogP contribution in [-0.2, 0) is 15.6 Å². The molecule has 2 aromatic rings. The predicted octanol–water partition coefficient (Wildman–Crippen LogP) is 4.30. The molecule has 1 heterocycles. The molecular formula is C14H15BrClNO2S2. The molecule has 0 aliphatic carbocycles. The molecule has 0 bridgehead atoms. The summed E-state index contributed by atoms with van der Waals surface area (Å²) >= 11 is 10.4. The highest BCUT2D eigenvalue weighted by Gasteiger charge is 2.32. The minimum Gasteiger partial charge on any atom is -0.206 e. The number of hydrogen-bond donors (Lipinski definition) is 1. The Balaban J connectivity index is 2.38. The van der Waals surface area contributed by atoms with Crippen molar-refractivity contribution in [1.82, 2.24) is 4.72 Å². The number of thiophene rings is 1. The van der Waals surface area contributed by atoms with E-state index in [4.69, 9.17) is 11.6 Å². The van der Waals surface area contributed by atoms with Gasteiger partial charge in [0, 0.05) is 5.33 Å². The Bertz CT molecular complexity index is 711. The maximum atomic E-state index is 12.6. The molecule has 7 heteroatoms. The third-order valence-electron chi connectivity index (χ3n) is 3.14. The van der Waals surface area contributed by atoms with Gasteiger partial charge in [-0.15, -0.1) is 11.3 Å². The van der Waals surface area contributed by atoms with Gasteiger partial charge in [-0.05, 0) is 31.0 Å². The monoisotopic (exact) mass is 407 g/mol. The number of hydrogen-bond acceptors (Lipinski definition) is 3. The van der Waals surface area contributed by atoms with Crippen molar-refractivity contribution < 1.29 is 8.42 Å². The zero-order valence-electron chi connectivity index (χ0n) is 11.6. The molecular weight excluding hydrogens is 394 g/mol. The van der Waals surface area contributed by atoms with E-state index in [1.807, 2.05) is 37.3 Å². The van der Waals surface area contributed by atoms with Crippen molar-refractivity contribution in [3.63, 3.8) is 0 Å². The van der Waals surface area contributed by atoms with Gasteiger partial charge in [0.05, 0.1) is 9.88 Å². The van der Waals surface area contributed by atoms with Crippen molar-refractivity contribution >= 4 is 48.9 Å². The molecule has 1 unspecified atom stereocenters. The van der Waals surface area contributed by atoms with Crippen molar-refractivity contribution in [3.8, 4) is 0 Å². The molecule has 2 rings (SSSR count). The van der Waals surface area contributed by atoms with Gasteiger partial charge in [0.25, 0.3) is 10.0 Å². The van der Waals surface area contributed by atoms with Crippen LogP contribution in [0.25, 0.3) is 0 Å². The Kier molecular flexibility index (Phi) is 5.15. The molecule has 1 atom stereocenters. The highest BCUT2D eigenvalue weighted by molar-refractivity contribution is 9.09. The molecule has 1 N–H and O–H groups in total. The van der Waals surface area contributed by atoms with Crippen LogP contribution in [0.5, 0.6) is 0 Å². The van der Waals surface area contributed by atoms with Crippen molar-refractivity contribution in [3.05, 3.63) is 51.9 Å². The normalized spacial score (nSPS) is 14.9. The summed E-state index contributed by atoms with van der Waals surface area (Å²) in [5.41, 5.74) is 0.928. The summed E-state index contributed by atoms with van der Waals surface area (Å²) in [6.45, 7) is 3.63. The largest absolute Gasteiger partial charge is 0.250 e. The quantitative estimate of drug-likeness (QED) is 0.750. The fraction of sp³-hybridized carbons (Fsp3) is 0.286. The average molecular weight is 409 g/mol. The Labute approximate surface area is 142 Å². The third kappa shape index (κ3) is 3.68. The topological polar surface area (TPSA) is 46.2 Å². The molecule has 0 aliphatic heterocycles. The smallest absolute Gasteiger partial charge is 0.206 e. The van der Waals surface area contributed by atoms with Gasteiger partial charge >= 0.3 is 0 Å². The molecule has 0 radical (unpaired) electrons. The van der Waals surface area contributed by atoms with E-state index >= 15 is 0 Å². The first-order valence-corrected chi connectivity index (χ1v) is 10.00. The van der Waals surface area contributed by atoms with E-state index in [-0.39, 0.29) is 4.21 Å². The van der Waals surface area contributed by atoms with Crippen LogP contribution in [0.4, 0.5) is 0 Å². The van der Waals surface area contributed by atoms with Gasteiger partial charge in [-0.2, -0.15) is 4.72 Å². The Morgan fingerprint density at radius 1 is 1.33 bits per heavy atom. The average Bonchev–Trinajstić information content (AvgIpc) is 2.80. The van der Waals surface area contributed by atoms with E-state index in [1.165, 1.54) is 0 Å². The molecule has 0 spiro atoms. The second-order valence-electron chi connectivity index (χ2n) is 4.96. The zero-order valence-corrected chi connectivity index (χ0v) is 15.5. The van der Waals surface area contributed by atoms with Gasteiger partial charge in [0.15, 0.2) is 0 Å². The number of halogens is 2. The maximum Gasteiger partial charge on any atom is 0.250 e. The fourth-order valence-electron chi connectivity index (χ4n) is 1.88. The van der Waals surface area contributed by atoms with Crippen molar-refractivity contribution in [2.45, 2.75) is 23.6 Å². The minimum atomic E-state index is -3.63. The van der Waals surface area contributed by atoms with Crippen molar-refractivity contribution in [1.29, 1.82) is 0 Å². The number of rotatable bonds is 5. The van der Waals surface area contributed by atoms with Gasteiger partial charge < -0.3 is 0 Å². The van der Waals surface area contributed by atoms with Gasteiger partial charge in [-0.3, -0.25) is 0 Å². The van der Waals surface area contributed by atoms with Crippen LogP contribution in [0.2, 0.25) is 4.34 Å². The lowest BCUT2D eigenvalue weighted by atomic mass is 9.96. The molecule has 0 amide bonds. The number of alkyl halides is 1. The van der Waals surface area contributed by atoms with Crippen LogP contribution >= 0.6 is 38.9 Å². The Morgan fingerprint density at radius 3 is 2.43 bits per heavy atom. The Hall–Kier alpha value is -0.400. The first kappa shape index (κ1) is 17.0. The van der Waals surface area contributed by atoms with Crippen LogP contribution in [0.15, 0.2) is 40.6 Å². The van der Waals surface area contributed by atoms with Crippen molar-refractivity contribution in [2.24, 2.45) is 0 Å². The standard InChI is InChI=1S/C14H15BrClNO2S2/c1-10-8-12(20-13(10)16)21(18,19)17-14(2,9-15)11-6-4-3-5-7-11/h3-8,17H,9H2,1-2H3. The zero-order chi connectivity index (χ0) is 15.7. The summed E-state index contributed by atoms with van der Waals surface area (Å²) in [6.07, 6.45) is 0. The van der Waals surface area contributed by atoms with Crippen LogP contribution in [-0.4, -0.2) is 13.7 Å². The molecule has 0 aliphatic rings. The number of sulfonamides is 1. The first-order valence-electron chi connectivity index (χ1n) is 6.20. The van der Waals surface area contributed by atoms with E-state index < -0.39 is 15.6 Å². The third-order valence-corrected chi connectivity index (χ3v) is 7.88. The second kappa shape index (κ2) is 6.38. The minimum absolute atomic E-state index is 0.230. The summed E-state index contributed by atoms with van der Waals surface area (Å²) in [7, 11) is -3.63. The SMILES string of the molecule is Cc1cc(S(=O)(=O)NC(C)(CBr)c2ccccc2)sc1Cl. The lowest BCUT2D eigenvalue weighted by molar-refractivity contribution is 0.483. The van der Waals surface area contributed by atoms with E-state index in [2.05, 4.69) is 20.7 Å². The van der Waals surface area contributed by atoms with E-state index in [1.54, 1.807) is 13.0 Å². The van der Waals surface area contributed by atoms with E-state index in [0.717, 1.165) is 22.5 Å².